The van der Waals surface area contributed by atoms with Crippen molar-refractivity contribution in [3.05, 3.63) is 59.4 Å². The molecule has 5 nitrogen and oxygen atoms in total. The first-order chi connectivity index (χ1) is 12.6. The summed E-state index contributed by atoms with van der Waals surface area (Å²) in [7, 11) is 0. The minimum Gasteiger partial charge on any atom is -0.483 e. The summed E-state index contributed by atoms with van der Waals surface area (Å²) in [6.45, 7) is 7.51. The van der Waals surface area contributed by atoms with Crippen molar-refractivity contribution >= 4 is 16.9 Å². The third kappa shape index (κ3) is 4.04. The molecule has 1 N–H and O–H groups in total. The summed E-state index contributed by atoms with van der Waals surface area (Å²) in [6.07, 6.45) is 0.692. The lowest BCUT2D eigenvalue weighted by Gasteiger charge is -2.10. The van der Waals surface area contributed by atoms with Gasteiger partial charge in [-0.3, -0.25) is 4.79 Å². The van der Waals surface area contributed by atoms with Gasteiger partial charge in [0.15, 0.2) is 6.61 Å². The van der Waals surface area contributed by atoms with Gasteiger partial charge in [-0.1, -0.05) is 24.3 Å². The van der Waals surface area contributed by atoms with Crippen molar-refractivity contribution in [2.75, 3.05) is 13.2 Å². The molecule has 3 rings (SSSR count). The predicted octanol–water partition coefficient (Wildman–Crippen LogP) is 3.41. The maximum absolute atomic E-state index is 12.1. The van der Waals surface area contributed by atoms with E-state index in [1.807, 2.05) is 50.2 Å². The monoisotopic (exact) mass is 351 g/mol. The third-order valence-corrected chi connectivity index (χ3v) is 4.42. The lowest BCUT2D eigenvalue weighted by molar-refractivity contribution is -0.123. The van der Waals surface area contributed by atoms with Crippen molar-refractivity contribution in [3.63, 3.8) is 0 Å². The molecule has 0 radical (unpaired) electrons. The molecule has 5 heteroatoms. The zero-order valence-corrected chi connectivity index (χ0v) is 15.6. The molecule has 0 atom stereocenters. The quantitative estimate of drug-likeness (QED) is 0.710. The van der Waals surface area contributed by atoms with Crippen LogP contribution in [0.3, 0.4) is 0 Å². The minimum absolute atomic E-state index is 0.0223. The molecule has 0 fully saturated rings. The SMILES string of the molecule is CCn1c(CCNC(=O)COc2cc(C)ccc2C)nc2ccccc21. The summed E-state index contributed by atoms with van der Waals surface area (Å²) >= 11 is 0. The zero-order valence-electron chi connectivity index (χ0n) is 15.6. The Morgan fingerprint density at radius 3 is 2.81 bits per heavy atom. The first kappa shape index (κ1) is 18.0. The van der Waals surface area contributed by atoms with Crippen LogP contribution in [-0.4, -0.2) is 28.6 Å². The molecule has 0 unspecified atom stereocenters. The van der Waals surface area contributed by atoms with E-state index in [9.17, 15) is 4.79 Å². The molecule has 0 aliphatic carbocycles. The zero-order chi connectivity index (χ0) is 18.5. The topological polar surface area (TPSA) is 56.2 Å². The van der Waals surface area contributed by atoms with E-state index in [4.69, 9.17) is 4.74 Å². The molecule has 3 aromatic rings. The van der Waals surface area contributed by atoms with Crippen molar-refractivity contribution in [2.24, 2.45) is 0 Å². The van der Waals surface area contributed by atoms with Gasteiger partial charge in [0, 0.05) is 19.5 Å². The minimum atomic E-state index is -0.120. The average molecular weight is 351 g/mol. The maximum atomic E-state index is 12.1. The first-order valence-electron chi connectivity index (χ1n) is 8.99. The van der Waals surface area contributed by atoms with E-state index in [0.717, 1.165) is 40.3 Å². The number of para-hydroxylation sites is 2. The van der Waals surface area contributed by atoms with Gasteiger partial charge >= 0.3 is 0 Å². The number of nitrogens with one attached hydrogen (secondary N) is 1. The van der Waals surface area contributed by atoms with Gasteiger partial charge in [0.25, 0.3) is 5.91 Å². The van der Waals surface area contributed by atoms with Crippen LogP contribution in [-0.2, 0) is 17.8 Å². The Morgan fingerprint density at radius 2 is 2.00 bits per heavy atom. The number of benzene rings is 2. The molecule has 26 heavy (non-hydrogen) atoms. The number of hydrogen-bond acceptors (Lipinski definition) is 3. The van der Waals surface area contributed by atoms with Crippen LogP contribution in [0.2, 0.25) is 0 Å². The fraction of sp³-hybridized carbons (Fsp3) is 0.333. The number of ether oxygens (including phenoxy) is 1. The highest BCUT2D eigenvalue weighted by Gasteiger charge is 2.10. The molecule has 0 saturated heterocycles. The number of aromatic nitrogens is 2. The molecular formula is C21H25N3O2. The van der Waals surface area contributed by atoms with Crippen molar-refractivity contribution in [1.29, 1.82) is 0 Å². The highest BCUT2D eigenvalue weighted by molar-refractivity contribution is 5.78. The number of carbonyl (C=O) groups is 1. The lowest BCUT2D eigenvalue weighted by atomic mass is 10.1. The molecule has 0 bridgehead atoms. The third-order valence-electron chi connectivity index (χ3n) is 4.42. The Balaban J connectivity index is 1.53. The van der Waals surface area contributed by atoms with E-state index >= 15 is 0 Å². The van der Waals surface area contributed by atoms with Crippen LogP contribution < -0.4 is 10.1 Å². The number of amides is 1. The number of fused-ring (bicyclic) bond motifs is 1. The van der Waals surface area contributed by atoms with Crippen LogP contribution in [0, 0.1) is 13.8 Å². The van der Waals surface area contributed by atoms with Gasteiger partial charge in [-0.25, -0.2) is 4.98 Å². The fourth-order valence-electron chi connectivity index (χ4n) is 3.04. The van der Waals surface area contributed by atoms with Crippen LogP contribution >= 0.6 is 0 Å². The standard InChI is InChI=1S/C21H25N3O2/c1-4-24-18-8-6-5-7-17(18)23-20(24)11-12-22-21(25)14-26-19-13-15(2)9-10-16(19)3/h5-10,13H,4,11-12,14H2,1-3H3,(H,22,25). The second-order valence-electron chi connectivity index (χ2n) is 6.42. The predicted molar refractivity (Wildman–Crippen MR) is 104 cm³/mol. The Hall–Kier alpha value is -2.82. The Bertz CT molecular complexity index is 915. The summed E-state index contributed by atoms with van der Waals surface area (Å²) in [6, 6.07) is 14.1. The smallest absolute Gasteiger partial charge is 0.257 e. The first-order valence-corrected chi connectivity index (χ1v) is 8.99. The number of rotatable bonds is 7. The Kier molecular flexibility index (Phi) is 5.56. The number of imidazole rings is 1. The van der Waals surface area contributed by atoms with Gasteiger partial charge in [-0.05, 0) is 50.1 Å². The van der Waals surface area contributed by atoms with Gasteiger partial charge in [0.2, 0.25) is 0 Å². The van der Waals surface area contributed by atoms with Crippen molar-refractivity contribution < 1.29 is 9.53 Å². The summed E-state index contributed by atoms with van der Waals surface area (Å²) in [5.74, 6) is 1.63. The number of nitrogens with zero attached hydrogens (tertiary/aromatic N) is 2. The molecule has 2 aromatic carbocycles. The van der Waals surface area contributed by atoms with Gasteiger partial charge in [-0.2, -0.15) is 0 Å². The summed E-state index contributed by atoms with van der Waals surface area (Å²) in [4.78, 5) is 16.7. The molecule has 0 aliphatic rings. The molecule has 0 saturated carbocycles. The van der Waals surface area contributed by atoms with Crippen LogP contribution in [0.15, 0.2) is 42.5 Å². The number of hydrogen-bond donors (Lipinski definition) is 1. The molecular weight excluding hydrogens is 326 g/mol. The van der Waals surface area contributed by atoms with E-state index in [1.54, 1.807) is 0 Å². The highest BCUT2D eigenvalue weighted by atomic mass is 16.5. The molecule has 1 amide bonds. The molecule has 136 valence electrons. The second-order valence-corrected chi connectivity index (χ2v) is 6.42. The Labute approximate surface area is 154 Å². The van der Waals surface area contributed by atoms with E-state index in [-0.39, 0.29) is 12.5 Å². The fourth-order valence-corrected chi connectivity index (χ4v) is 3.04. The van der Waals surface area contributed by atoms with E-state index < -0.39 is 0 Å². The maximum Gasteiger partial charge on any atom is 0.257 e. The highest BCUT2D eigenvalue weighted by Crippen LogP contribution is 2.19. The van der Waals surface area contributed by atoms with Crippen LogP contribution in [0.4, 0.5) is 0 Å². The van der Waals surface area contributed by atoms with Crippen LogP contribution in [0.25, 0.3) is 11.0 Å². The molecule has 1 heterocycles. The van der Waals surface area contributed by atoms with Crippen molar-refractivity contribution in [2.45, 2.75) is 33.7 Å². The normalized spacial score (nSPS) is 10.9. The van der Waals surface area contributed by atoms with Crippen LogP contribution in [0.5, 0.6) is 5.75 Å². The Morgan fingerprint density at radius 1 is 1.19 bits per heavy atom. The molecule has 0 spiro atoms. The number of aryl methyl sites for hydroxylation is 3. The van der Waals surface area contributed by atoms with Crippen molar-refractivity contribution in [3.8, 4) is 5.75 Å². The summed E-state index contributed by atoms with van der Waals surface area (Å²) in [5, 5.41) is 2.91. The van der Waals surface area contributed by atoms with Gasteiger partial charge in [-0.15, -0.1) is 0 Å². The average Bonchev–Trinajstić information content (AvgIpc) is 2.99. The second kappa shape index (κ2) is 8.04. The molecule has 1 aromatic heterocycles. The summed E-state index contributed by atoms with van der Waals surface area (Å²) in [5.41, 5.74) is 4.27. The van der Waals surface area contributed by atoms with Gasteiger partial charge in [0.05, 0.1) is 11.0 Å². The summed E-state index contributed by atoms with van der Waals surface area (Å²) < 4.78 is 7.83. The van der Waals surface area contributed by atoms with E-state index in [0.29, 0.717) is 13.0 Å². The van der Waals surface area contributed by atoms with Gasteiger partial charge in [0.1, 0.15) is 11.6 Å². The largest absolute Gasteiger partial charge is 0.483 e. The van der Waals surface area contributed by atoms with Gasteiger partial charge < -0.3 is 14.6 Å². The lowest BCUT2D eigenvalue weighted by Crippen LogP contribution is -2.31. The van der Waals surface area contributed by atoms with E-state index in [2.05, 4.69) is 27.9 Å². The number of carbonyl (C=O) groups excluding carboxylic acids is 1. The van der Waals surface area contributed by atoms with Crippen molar-refractivity contribution in [1.82, 2.24) is 14.9 Å². The molecule has 0 aliphatic heterocycles. The van der Waals surface area contributed by atoms with Crippen LogP contribution in [0.1, 0.15) is 23.9 Å². The van der Waals surface area contributed by atoms with E-state index in [1.165, 1.54) is 0 Å².